The minimum absolute atomic E-state index is 0.133. The minimum atomic E-state index is -0.718. The van der Waals surface area contributed by atoms with E-state index in [9.17, 15) is 9.59 Å². The number of nitrogens with zero attached hydrogens (tertiary/aromatic N) is 1. The molecule has 1 aromatic carbocycles. The van der Waals surface area contributed by atoms with E-state index in [-0.39, 0.29) is 5.57 Å². The number of ether oxygens (including phenoxy) is 2. The summed E-state index contributed by atoms with van der Waals surface area (Å²) in [6, 6.07) is 7.71. The average molecular weight is 273 g/mol. The first kappa shape index (κ1) is 13.9. The number of aromatic nitrogens is 1. The van der Waals surface area contributed by atoms with E-state index in [4.69, 9.17) is 0 Å². The van der Waals surface area contributed by atoms with Crippen molar-refractivity contribution >= 4 is 28.9 Å². The minimum Gasteiger partial charge on any atom is -0.465 e. The van der Waals surface area contributed by atoms with Crippen LogP contribution in [0.15, 0.2) is 36.0 Å². The number of aryl methyl sites for hydroxylation is 1. The van der Waals surface area contributed by atoms with Crippen LogP contribution >= 0.6 is 0 Å². The van der Waals surface area contributed by atoms with Crippen molar-refractivity contribution in [2.24, 2.45) is 7.05 Å². The third-order valence-electron chi connectivity index (χ3n) is 3.04. The normalized spacial score (nSPS) is 10.2. The first-order valence-electron chi connectivity index (χ1n) is 6.01. The molecule has 0 fully saturated rings. The van der Waals surface area contributed by atoms with Gasteiger partial charge >= 0.3 is 11.9 Å². The summed E-state index contributed by atoms with van der Waals surface area (Å²) in [6.07, 6.45) is 3.33. The average Bonchev–Trinajstić information content (AvgIpc) is 2.80. The zero-order valence-corrected chi connectivity index (χ0v) is 11.5. The molecule has 5 nitrogen and oxygen atoms in total. The van der Waals surface area contributed by atoms with E-state index in [2.05, 4.69) is 9.47 Å². The van der Waals surface area contributed by atoms with Gasteiger partial charge in [0.25, 0.3) is 0 Å². The van der Waals surface area contributed by atoms with Gasteiger partial charge in [0.1, 0.15) is 5.57 Å². The summed E-state index contributed by atoms with van der Waals surface area (Å²) in [7, 11) is 4.35. The first-order chi connectivity index (χ1) is 9.58. The Kier molecular flexibility index (Phi) is 3.89. The summed E-state index contributed by atoms with van der Waals surface area (Å²) in [4.78, 5) is 23.3. The molecular formula is C15H15NO4. The lowest BCUT2D eigenvalue weighted by molar-refractivity contribution is -0.143. The fourth-order valence-electron chi connectivity index (χ4n) is 2.06. The van der Waals surface area contributed by atoms with Gasteiger partial charge in [-0.2, -0.15) is 0 Å². The van der Waals surface area contributed by atoms with Crippen LogP contribution < -0.4 is 0 Å². The molecule has 20 heavy (non-hydrogen) atoms. The topological polar surface area (TPSA) is 57.5 Å². The van der Waals surface area contributed by atoms with Gasteiger partial charge in [0.05, 0.1) is 14.2 Å². The van der Waals surface area contributed by atoms with Crippen LogP contribution in [0.25, 0.3) is 17.0 Å². The van der Waals surface area contributed by atoms with Crippen LogP contribution in [-0.2, 0) is 26.1 Å². The molecule has 0 saturated carbocycles. The highest BCUT2D eigenvalue weighted by molar-refractivity contribution is 6.18. The highest BCUT2D eigenvalue weighted by Gasteiger charge is 2.20. The Bertz CT molecular complexity index is 679. The molecule has 0 unspecified atom stereocenters. The third-order valence-corrected chi connectivity index (χ3v) is 3.04. The second-order valence-corrected chi connectivity index (χ2v) is 4.25. The van der Waals surface area contributed by atoms with Crippen LogP contribution in [0.2, 0.25) is 0 Å². The van der Waals surface area contributed by atoms with Crippen LogP contribution in [0.5, 0.6) is 0 Å². The smallest absolute Gasteiger partial charge is 0.345 e. The number of benzene rings is 1. The van der Waals surface area contributed by atoms with E-state index >= 15 is 0 Å². The second kappa shape index (κ2) is 5.61. The largest absolute Gasteiger partial charge is 0.465 e. The molecule has 0 spiro atoms. The molecule has 0 saturated heterocycles. The number of hydrogen-bond acceptors (Lipinski definition) is 4. The summed E-state index contributed by atoms with van der Waals surface area (Å²) in [5.74, 6) is -1.44. The molecule has 2 rings (SSSR count). The van der Waals surface area contributed by atoms with Crippen molar-refractivity contribution in [3.8, 4) is 0 Å². The Morgan fingerprint density at radius 3 is 2.30 bits per heavy atom. The molecule has 0 aliphatic carbocycles. The Balaban J connectivity index is 2.59. The second-order valence-electron chi connectivity index (χ2n) is 4.25. The van der Waals surface area contributed by atoms with Crippen molar-refractivity contribution in [1.82, 2.24) is 4.57 Å². The summed E-state index contributed by atoms with van der Waals surface area (Å²) in [5.41, 5.74) is 1.63. The van der Waals surface area contributed by atoms with E-state index in [1.165, 1.54) is 20.3 Å². The lowest BCUT2D eigenvalue weighted by atomic mass is 10.1. The molecule has 0 atom stereocenters. The number of methoxy groups -OCH3 is 2. The van der Waals surface area contributed by atoms with Crippen LogP contribution in [-0.4, -0.2) is 30.7 Å². The molecule has 1 heterocycles. The third kappa shape index (κ3) is 2.42. The van der Waals surface area contributed by atoms with Crippen molar-refractivity contribution < 1.29 is 19.1 Å². The number of para-hydroxylation sites is 1. The van der Waals surface area contributed by atoms with E-state index in [1.54, 1.807) is 0 Å². The Morgan fingerprint density at radius 1 is 1.10 bits per heavy atom. The zero-order valence-electron chi connectivity index (χ0n) is 11.5. The number of esters is 2. The highest BCUT2D eigenvalue weighted by Crippen LogP contribution is 2.23. The molecule has 0 amide bonds. The molecular weight excluding hydrogens is 258 g/mol. The van der Waals surface area contributed by atoms with Crippen LogP contribution in [0.4, 0.5) is 0 Å². The predicted molar refractivity (Wildman–Crippen MR) is 74.9 cm³/mol. The number of rotatable bonds is 3. The fraction of sp³-hybridized carbons (Fsp3) is 0.200. The fourth-order valence-corrected chi connectivity index (χ4v) is 2.06. The lowest BCUT2D eigenvalue weighted by Gasteiger charge is -2.02. The maximum absolute atomic E-state index is 11.7. The number of hydrogen-bond donors (Lipinski definition) is 0. The Labute approximate surface area is 116 Å². The van der Waals surface area contributed by atoms with Gasteiger partial charge < -0.3 is 14.0 Å². The summed E-state index contributed by atoms with van der Waals surface area (Å²) < 4.78 is 11.1. The maximum Gasteiger partial charge on any atom is 0.345 e. The molecule has 5 heteroatoms. The van der Waals surface area contributed by atoms with Gasteiger partial charge in [0, 0.05) is 29.7 Å². The van der Waals surface area contributed by atoms with Gasteiger partial charge in [-0.25, -0.2) is 9.59 Å². The standard InChI is InChI=1S/C15H15NO4/c1-16-9-10(11-6-4-5-7-13(11)16)8-12(14(17)19-2)15(18)20-3/h4-9H,1-3H3. The number of carbonyl (C=O) groups is 2. The molecule has 0 bridgehead atoms. The zero-order chi connectivity index (χ0) is 14.7. The summed E-state index contributed by atoms with van der Waals surface area (Å²) in [5, 5.41) is 0.945. The summed E-state index contributed by atoms with van der Waals surface area (Å²) >= 11 is 0. The molecule has 0 radical (unpaired) electrons. The maximum atomic E-state index is 11.7. The number of carbonyl (C=O) groups excluding carboxylic acids is 2. The van der Waals surface area contributed by atoms with E-state index in [0.717, 1.165) is 16.5 Å². The van der Waals surface area contributed by atoms with Crippen LogP contribution in [0.3, 0.4) is 0 Å². The van der Waals surface area contributed by atoms with Gasteiger partial charge in [-0.1, -0.05) is 18.2 Å². The van der Waals surface area contributed by atoms with Gasteiger partial charge in [-0.3, -0.25) is 0 Å². The SMILES string of the molecule is COC(=O)C(=Cc1cn(C)c2ccccc12)C(=O)OC. The van der Waals surface area contributed by atoms with Gasteiger partial charge in [-0.05, 0) is 12.1 Å². The van der Waals surface area contributed by atoms with Crippen LogP contribution in [0.1, 0.15) is 5.56 Å². The molecule has 1 aromatic heterocycles. The predicted octanol–water partition coefficient (Wildman–Crippen LogP) is 1.91. The molecule has 0 aliphatic heterocycles. The Hall–Kier alpha value is -2.56. The van der Waals surface area contributed by atoms with Gasteiger partial charge in [0.2, 0.25) is 0 Å². The van der Waals surface area contributed by atoms with E-state index < -0.39 is 11.9 Å². The van der Waals surface area contributed by atoms with Crippen LogP contribution in [0, 0.1) is 0 Å². The Morgan fingerprint density at radius 2 is 1.70 bits per heavy atom. The summed E-state index contributed by atoms with van der Waals surface area (Å²) in [6.45, 7) is 0. The van der Waals surface area contributed by atoms with Crippen molar-refractivity contribution in [3.05, 3.63) is 41.6 Å². The molecule has 0 N–H and O–H groups in total. The van der Waals surface area contributed by atoms with Crippen molar-refractivity contribution in [2.75, 3.05) is 14.2 Å². The van der Waals surface area contributed by atoms with Gasteiger partial charge in [0.15, 0.2) is 0 Å². The lowest BCUT2D eigenvalue weighted by Crippen LogP contribution is -2.15. The molecule has 2 aromatic rings. The number of fused-ring (bicyclic) bond motifs is 1. The van der Waals surface area contributed by atoms with Crippen molar-refractivity contribution in [3.63, 3.8) is 0 Å². The van der Waals surface area contributed by atoms with Gasteiger partial charge in [-0.15, -0.1) is 0 Å². The van der Waals surface area contributed by atoms with E-state index in [1.807, 2.05) is 42.1 Å². The first-order valence-corrected chi connectivity index (χ1v) is 6.01. The monoisotopic (exact) mass is 273 g/mol. The van der Waals surface area contributed by atoms with E-state index in [0.29, 0.717) is 0 Å². The molecule has 0 aliphatic rings. The highest BCUT2D eigenvalue weighted by atomic mass is 16.5. The molecule has 104 valence electrons. The quantitative estimate of drug-likeness (QED) is 0.371. The van der Waals surface area contributed by atoms with Crippen molar-refractivity contribution in [1.29, 1.82) is 0 Å². The van der Waals surface area contributed by atoms with Crippen molar-refractivity contribution in [2.45, 2.75) is 0 Å².